The van der Waals surface area contributed by atoms with Gasteiger partial charge in [0, 0.05) is 22.3 Å². The molecule has 0 radical (unpaired) electrons. The molecule has 2 nitrogen and oxygen atoms in total. The van der Waals surface area contributed by atoms with Gasteiger partial charge in [-0.05, 0) is 75.3 Å². The van der Waals surface area contributed by atoms with Crippen LogP contribution in [0.25, 0.3) is 16.9 Å². The van der Waals surface area contributed by atoms with Gasteiger partial charge < -0.3 is 19.4 Å². The molecule has 0 fully saturated rings. The molecule has 2 aromatic carbocycles. The standard InChI is InChI=1S/C83H146N2.2C2H5.Ni/c1-5-8-11-14-17-19-21-23-25-27-29-31-33-35-37-38-40-42-44-46-48-50-52-54-56-58-61-64-73-81-80(72-63-60-57-55-53-51-49-47-45-43-41-39-36-34-32-30-28-26-24-22-20-18-15-12-9-6-2)82(78-70-65-67-76(4)74-78)85(84)83(81)79-71-66-69-77(75-79)68-62-59-16-13-10-7-3;2*1-2;/h65-67,69-71,74-75H,5-64,68,72-73H2,1-4H3;2*1H2,2H3;/q;2*-1;+2. The van der Waals surface area contributed by atoms with Crippen molar-refractivity contribution in [2.75, 3.05) is 0 Å². The zero-order valence-corrected chi connectivity index (χ0v) is 62.8. The zero-order chi connectivity index (χ0) is 64.4. The first-order valence-electron chi connectivity index (χ1n) is 40.6. The van der Waals surface area contributed by atoms with Gasteiger partial charge in [0.2, 0.25) is 11.4 Å². The van der Waals surface area contributed by atoms with Crippen molar-refractivity contribution in [2.45, 2.75) is 446 Å². The fourth-order valence-electron chi connectivity index (χ4n) is 14.1. The maximum absolute atomic E-state index is 12.5. The fraction of sp³-hybridized carbons (Fsp3) is 0.793. The van der Waals surface area contributed by atoms with E-state index in [-0.39, 0.29) is 16.5 Å². The summed E-state index contributed by atoms with van der Waals surface area (Å²) in [4.78, 5) is 0. The number of benzene rings is 2. The Bertz CT molecular complexity index is 1870. The summed E-state index contributed by atoms with van der Waals surface area (Å²) in [6.07, 6.45) is 88.3. The van der Waals surface area contributed by atoms with Gasteiger partial charge in [0.1, 0.15) is 0 Å². The molecule has 3 heteroatoms. The van der Waals surface area contributed by atoms with Crippen LogP contribution in [-0.4, -0.2) is 4.70 Å². The molecular formula is C87H156N2Ni. The van der Waals surface area contributed by atoms with E-state index in [0.29, 0.717) is 0 Å². The van der Waals surface area contributed by atoms with E-state index < -0.39 is 0 Å². The van der Waals surface area contributed by atoms with Crippen LogP contribution < -0.4 is 0 Å². The van der Waals surface area contributed by atoms with Crippen molar-refractivity contribution in [2.24, 2.45) is 0 Å². The van der Waals surface area contributed by atoms with Gasteiger partial charge in [-0.25, -0.2) is 4.70 Å². The molecule has 0 unspecified atom stereocenters. The molecule has 0 N–H and O–H groups in total. The average molecular weight is 1290 g/mol. The summed E-state index contributed by atoms with van der Waals surface area (Å²) in [5, 5.41) is 0. The van der Waals surface area contributed by atoms with Crippen LogP contribution in [-0.2, 0) is 22.9 Å². The number of aryl methyl sites for hydroxylation is 2. The first kappa shape index (κ1) is 88.0. The molecule has 0 saturated heterocycles. The molecular weight excluding hydrogens is 1130 g/mol. The number of rotatable bonds is 65. The third-order valence-electron chi connectivity index (χ3n) is 19.7. The quantitative estimate of drug-likeness (QED) is 0.0273. The van der Waals surface area contributed by atoms with Gasteiger partial charge >= 0.3 is 16.5 Å². The minimum absolute atomic E-state index is 0. The van der Waals surface area contributed by atoms with Crippen molar-refractivity contribution in [3.63, 3.8) is 0 Å². The van der Waals surface area contributed by atoms with Gasteiger partial charge in [-0.15, -0.1) is 0 Å². The molecule has 0 aromatic heterocycles. The largest absolute Gasteiger partial charge is 2.00 e. The molecule has 3 rings (SSSR count). The molecule has 0 aliphatic carbocycles. The van der Waals surface area contributed by atoms with Gasteiger partial charge in [0.25, 0.3) is 0 Å². The maximum Gasteiger partial charge on any atom is 2.00 e. The Balaban J connectivity index is 0.0000155. The fourth-order valence-corrected chi connectivity index (χ4v) is 14.1. The molecule has 1 aliphatic rings. The second-order valence-electron chi connectivity index (χ2n) is 27.9. The summed E-state index contributed by atoms with van der Waals surface area (Å²) >= 11 is 0. The van der Waals surface area contributed by atoms with Crippen LogP contribution in [0, 0.1) is 20.8 Å². The Labute approximate surface area is 576 Å². The predicted molar refractivity (Wildman–Crippen MR) is 404 cm³/mol. The average Bonchev–Trinajstić information content (AvgIpc) is 1.63. The Morgan fingerprint density at radius 1 is 0.267 bits per heavy atom. The molecule has 1 aliphatic heterocycles. The van der Waals surface area contributed by atoms with Crippen LogP contribution in [0.5, 0.6) is 0 Å². The van der Waals surface area contributed by atoms with E-state index in [2.05, 4.69) is 90.1 Å². The summed E-state index contributed by atoms with van der Waals surface area (Å²) in [6, 6.07) is 18.2. The molecule has 90 heavy (non-hydrogen) atoms. The summed E-state index contributed by atoms with van der Waals surface area (Å²) in [7, 11) is 0. The second kappa shape index (κ2) is 69.8. The summed E-state index contributed by atoms with van der Waals surface area (Å²) in [6.45, 7) is 19.1. The van der Waals surface area contributed by atoms with Gasteiger partial charge in [-0.3, -0.25) is 0 Å². The van der Waals surface area contributed by atoms with Crippen LogP contribution in [0.15, 0.2) is 59.7 Å². The monoisotopic (exact) mass is 1290 g/mol. The molecule has 0 saturated carbocycles. The van der Waals surface area contributed by atoms with E-state index in [9.17, 15) is 5.53 Å². The SMILES string of the molecule is CCCCCCCCCCCCCCCCCCCCCCCCCCCCCCC1=C(c2cccc(CCCCCCCC)c2)[N+](=[N-])C(c2cccc(C)c2)=C1CCCCCCCCCCCCCCCCCCCCCCCCCCCC.[CH2-]C.[CH2-]C.[Ni+2]. The van der Waals surface area contributed by atoms with Gasteiger partial charge in [-0.2, -0.15) is 13.8 Å². The Morgan fingerprint density at radius 3 is 0.700 bits per heavy atom. The molecule has 1 heterocycles. The van der Waals surface area contributed by atoms with Crippen LogP contribution in [0.4, 0.5) is 0 Å². The van der Waals surface area contributed by atoms with Crippen molar-refractivity contribution in [3.8, 4) is 0 Å². The first-order valence-corrected chi connectivity index (χ1v) is 40.6. The van der Waals surface area contributed by atoms with Crippen molar-refractivity contribution in [1.82, 2.24) is 0 Å². The Morgan fingerprint density at radius 2 is 0.467 bits per heavy atom. The number of allylic oxidation sites excluding steroid dienone is 2. The normalized spacial score (nSPS) is 12.2. The van der Waals surface area contributed by atoms with Crippen molar-refractivity contribution in [1.29, 1.82) is 0 Å². The zero-order valence-electron chi connectivity index (χ0n) is 61.8. The molecule has 0 bridgehead atoms. The number of unbranched alkanes of at least 4 members (excludes halogenated alkanes) is 57. The van der Waals surface area contributed by atoms with E-state index in [4.69, 9.17) is 0 Å². The van der Waals surface area contributed by atoms with Crippen LogP contribution in [0.1, 0.15) is 455 Å². The number of nitrogens with zero attached hydrogens (tertiary/aromatic N) is 2. The smallest absolute Gasteiger partial charge is 0.493 e. The molecule has 0 amide bonds. The minimum atomic E-state index is 0. The van der Waals surface area contributed by atoms with Gasteiger partial charge in [0.05, 0.1) is 0 Å². The topological polar surface area (TPSA) is 25.3 Å². The second-order valence-corrected chi connectivity index (χ2v) is 27.9. The minimum Gasteiger partial charge on any atom is -0.493 e. The van der Waals surface area contributed by atoms with E-state index >= 15 is 0 Å². The molecule has 2 aromatic rings. The van der Waals surface area contributed by atoms with E-state index in [1.165, 1.54) is 419 Å². The van der Waals surface area contributed by atoms with E-state index in [0.717, 1.165) is 30.7 Å². The van der Waals surface area contributed by atoms with Gasteiger partial charge in [-0.1, -0.05) is 417 Å². The van der Waals surface area contributed by atoms with Crippen LogP contribution in [0.2, 0.25) is 0 Å². The first-order chi connectivity index (χ1) is 44.1. The van der Waals surface area contributed by atoms with E-state index in [1.54, 1.807) is 18.5 Å². The van der Waals surface area contributed by atoms with Gasteiger partial charge in [0.15, 0.2) is 0 Å². The Kier molecular flexibility index (Phi) is 68.3. The third-order valence-corrected chi connectivity index (χ3v) is 19.7. The van der Waals surface area contributed by atoms with Crippen LogP contribution >= 0.6 is 0 Å². The van der Waals surface area contributed by atoms with Crippen molar-refractivity contribution in [3.05, 3.63) is 101 Å². The van der Waals surface area contributed by atoms with Crippen molar-refractivity contribution >= 4 is 11.4 Å². The molecule has 0 spiro atoms. The predicted octanol–water partition coefficient (Wildman–Crippen LogP) is 31.6. The van der Waals surface area contributed by atoms with E-state index in [1.807, 2.05) is 0 Å². The summed E-state index contributed by atoms with van der Waals surface area (Å²) < 4.78 is 1.64. The Hall–Kier alpha value is -1.99. The van der Waals surface area contributed by atoms with Crippen LogP contribution in [0.3, 0.4) is 0 Å². The molecule has 524 valence electrons. The maximum atomic E-state index is 12.5. The molecule has 0 atom stereocenters. The number of hydrogen-bond donors (Lipinski definition) is 0. The van der Waals surface area contributed by atoms with Crippen molar-refractivity contribution < 1.29 is 21.2 Å². The number of hydrogen-bond acceptors (Lipinski definition) is 0. The third kappa shape index (κ3) is 49.5. The summed E-state index contributed by atoms with van der Waals surface area (Å²) in [5.41, 5.74) is 22.5. The summed E-state index contributed by atoms with van der Waals surface area (Å²) in [5.74, 6) is 0.